The van der Waals surface area contributed by atoms with Crippen molar-refractivity contribution in [3.8, 4) is 0 Å². The van der Waals surface area contributed by atoms with Crippen LogP contribution in [0, 0.1) is 59.2 Å². The van der Waals surface area contributed by atoms with Gasteiger partial charge in [-0.25, -0.2) is 0 Å². The number of aliphatic hydroxyl groups excluding tert-OH is 2. The highest BCUT2D eigenvalue weighted by atomic mass is 16.5. The highest BCUT2D eigenvalue weighted by Crippen LogP contribution is 2.60. The van der Waals surface area contributed by atoms with Gasteiger partial charge in [0.15, 0.2) is 0 Å². The summed E-state index contributed by atoms with van der Waals surface area (Å²) in [6.07, 6.45) is 31.0. The summed E-state index contributed by atoms with van der Waals surface area (Å²) in [6.45, 7) is 0. The molecule has 0 aromatic carbocycles. The lowest BCUT2D eigenvalue weighted by Crippen LogP contribution is -2.60. The van der Waals surface area contributed by atoms with Gasteiger partial charge in [0.2, 0.25) is 0 Å². The highest BCUT2D eigenvalue weighted by Gasteiger charge is 2.58. The molecule has 36 heavy (non-hydrogen) atoms. The smallest absolute Gasteiger partial charge is 0.0723 e. The number of allylic oxidation sites excluding steroid dienone is 5. The van der Waals surface area contributed by atoms with Crippen LogP contribution in [0.25, 0.3) is 0 Å². The zero-order chi connectivity index (χ0) is 24.2. The minimum absolute atomic E-state index is 0.0841. The minimum Gasteiger partial charge on any atom is -0.393 e. The van der Waals surface area contributed by atoms with E-state index >= 15 is 0 Å². The Hall–Kier alpha value is -0.900. The van der Waals surface area contributed by atoms with E-state index in [1.807, 2.05) is 0 Å². The van der Waals surface area contributed by atoms with Crippen molar-refractivity contribution in [2.75, 3.05) is 0 Å². The van der Waals surface area contributed by atoms with Crippen LogP contribution in [0.2, 0.25) is 0 Å². The van der Waals surface area contributed by atoms with Crippen LogP contribution in [0.5, 0.6) is 0 Å². The van der Waals surface area contributed by atoms with Crippen LogP contribution >= 0.6 is 0 Å². The predicted octanol–water partition coefficient (Wildman–Crippen LogP) is 6.46. The summed E-state index contributed by atoms with van der Waals surface area (Å²) < 4.78 is 7.09. The maximum absolute atomic E-state index is 10.5. The number of ether oxygens (including phenoxy) is 1. The largest absolute Gasteiger partial charge is 0.393 e. The first-order valence-electron chi connectivity index (χ1n) is 15.7. The Morgan fingerprint density at radius 3 is 2.17 bits per heavy atom. The van der Waals surface area contributed by atoms with Gasteiger partial charge >= 0.3 is 0 Å². The first kappa shape index (κ1) is 24.2. The van der Waals surface area contributed by atoms with E-state index in [1.165, 1.54) is 64.2 Å². The van der Waals surface area contributed by atoms with E-state index in [0.717, 1.165) is 37.0 Å². The number of hydrogen-bond acceptors (Lipinski definition) is 3. The number of hydrogen-bond donors (Lipinski definition) is 2. The van der Waals surface area contributed by atoms with Crippen LogP contribution in [0.15, 0.2) is 36.5 Å². The lowest BCUT2D eigenvalue weighted by atomic mass is 9.49. The third-order valence-electron chi connectivity index (χ3n) is 12.1. The van der Waals surface area contributed by atoms with Gasteiger partial charge in [0.05, 0.1) is 24.4 Å². The number of aliphatic hydroxyl groups is 2. The third kappa shape index (κ3) is 4.30. The Morgan fingerprint density at radius 1 is 0.583 bits per heavy atom. The molecule has 2 N–H and O–H groups in total. The highest BCUT2D eigenvalue weighted by molar-refractivity contribution is 5.16. The van der Waals surface area contributed by atoms with Gasteiger partial charge in [-0.2, -0.15) is 0 Å². The predicted molar refractivity (Wildman–Crippen MR) is 143 cm³/mol. The van der Waals surface area contributed by atoms with Crippen LogP contribution in [-0.4, -0.2) is 34.6 Å². The molecule has 14 unspecified atom stereocenters. The lowest BCUT2D eigenvalue weighted by molar-refractivity contribution is -0.223. The molecule has 1 saturated heterocycles. The molecule has 3 saturated carbocycles. The van der Waals surface area contributed by atoms with Crippen molar-refractivity contribution in [1.82, 2.24) is 0 Å². The molecule has 4 fully saturated rings. The lowest BCUT2D eigenvalue weighted by Gasteiger charge is -2.61. The Balaban J connectivity index is 1.22. The van der Waals surface area contributed by atoms with E-state index in [-0.39, 0.29) is 12.2 Å². The molecule has 0 aromatic rings. The summed E-state index contributed by atoms with van der Waals surface area (Å²) >= 11 is 0. The average Bonchev–Trinajstić information content (AvgIpc) is 2.92. The standard InChI is InChI=1S/C33H48O3/c34-25-12-14-27-23(18-25)10-16-29-32(27)31(22-8-6-21(7-9-22)20-4-2-1-3-5-20)33-28-15-13-26(35)19-24(28)11-17-30(33)36-29/h2,4,6,8,12,14,20-35H,1,3,5,7,9-11,13,15-19H2. The first-order valence-corrected chi connectivity index (χ1v) is 15.7. The zero-order valence-electron chi connectivity index (χ0n) is 22.0. The molecule has 0 bridgehead atoms. The molecule has 14 atom stereocenters. The van der Waals surface area contributed by atoms with Crippen molar-refractivity contribution < 1.29 is 14.9 Å². The maximum Gasteiger partial charge on any atom is 0.0723 e. The van der Waals surface area contributed by atoms with Crippen molar-refractivity contribution in [3.63, 3.8) is 0 Å². The second-order valence-corrected chi connectivity index (χ2v) is 13.8. The van der Waals surface area contributed by atoms with E-state index in [0.29, 0.717) is 53.6 Å². The van der Waals surface area contributed by atoms with E-state index in [4.69, 9.17) is 4.74 Å². The summed E-state index contributed by atoms with van der Waals surface area (Å²) in [6, 6.07) is 0. The molecular formula is C33H48O3. The van der Waals surface area contributed by atoms with Gasteiger partial charge in [-0.3, -0.25) is 0 Å². The van der Waals surface area contributed by atoms with E-state index in [1.54, 1.807) is 0 Å². The van der Waals surface area contributed by atoms with Crippen LogP contribution in [-0.2, 0) is 4.74 Å². The van der Waals surface area contributed by atoms with Gasteiger partial charge in [0, 0.05) is 0 Å². The average molecular weight is 493 g/mol. The quantitative estimate of drug-likeness (QED) is 0.435. The SMILES string of the molecule is OC1C=CC2C(CCC3OC4CCC5CC(O)CCC5C4C(C4C=CC(C5C=CCCC5)CC4)C32)C1. The summed E-state index contributed by atoms with van der Waals surface area (Å²) in [5.41, 5.74) is 0. The summed E-state index contributed by atoms with van der Waals surface area (Å²) in [5.74, 6) is 6.71. The monoisotopic (exact) mass is 492 g/mol. The zero-order valence-corrected chi connectivity index (χ0v) is 22.0. The Labute approximate surface area is 218 Å². The van der Waals surface area contributed by atoms with Gasteiger partial charge < -0.3 is 14.9 Å². The molecule has 1 aliphatic heterocycles. The van der Waals surface area contributed by atoms with Crippen molar-refractivity contribution >= 4 is 0 Å². The molecule has 0 amide bonds. The number of fused-ring (bicyclic) bond motifs is 6. The Bertz CT molecular complexity index is 876. The van der Waals surface area contributed by atoms with Crippen LogP contribution in [0.1, 0.15) is 83.5 Å². The van der Waals surface area contributed by atoms with E-state index in [2.05, 4.69) is 36.5 Å². The van der Waals surface area contributed by atoms with Crippen molar-refractivity contribution in [2.45, 2.75) is 108 Å². The Kier molecular flexibility index (Phi) is 6.72. The van der Waals surface area contributed by atoms with Gasteiger partial charge in [-0.05, 0) is 143 Å². The molecule has 0 aromatic heterocycles. The molecule has 3 nitrogen and oxygen atoms in total. The summed E-state index contributed by atoms with van der Waals surface area (Å²) in [7, 11) is 0. The van der Waals surface area contributed by atoms with Crippen molar-refractivity contribution in [1.29, 1.82) is 0 Å². The molecular weight excluding hydrogens is 444 g/mol. The van der Waals surface area contributed by atoms with E-state index in [9.17, 15) is 10.2 Å². The molecule has 0 spiro atoms. The van der Waals surface area contributed by atoms with Gasteiger partial charge in [-0.15, -0.1) is 0 Å². The molecule has 198 valence electrons. The molecule has 7 rings (SSSR count). The third-order valence-corrected chi connectivity index (χ3v) is 12.1. The van der Waals surface area contributed by atoms with Gasteiger partial charge in [0.1, 0.15) is 0 Å². The van der Waals surface area contributed by atoms with Crippen molar-refractivity contribution in [3.05, 3.63) is 36.5 Å². The maximum atomic E-state index is 10.5. The van der Waals surface area contributed by atoms with Gasteiger partial charge in [-0.1, -0.05) is 36.5 Å². The summed E-state index contributed by atoms with van der Waals surface area (Å²) in [4.78, 5) is 0. The van der Waals surface area contributed by atoms with Crippen LogP contribution < -0.4 is 0 Å². The summed E-state index contributed by atoms with van der Waals surface area (Å²) in [5, 5.41) is 20.9. The fraction of sp³-hybridized carbons (Fsp3) is 0.818. The molecule has 3 heteroatoms. The molecule has 1 heterocycles. The van der Waals surface area contributed by atoms with Crippen molar-refractivity contribution in [2.24, 2.45) is 59.2 Å². The normalized spacial score (nSPS) is 54.2. The van der Waals surface area contributed by atoms with Crippen LogP contribution in [0.4, 0.5) is 0 Å². The Morgan fingerprint density at radius 2 is 1.36 bits per heavy atom. The first-order chi connectivity index (χ1) is 17.7. The fourth-order valence-corrected chi connectivity index (χ4v) is 10.6. The van der Waals surface area contributed by atoms with E-state index < -0.39 is 0 Å². The molecule has 7 aliphatic rings. The second kappa shape index (κ2) is 10.0. The number of rotatable bonds is 2. The fourth-order valence-electron chi connectivity index (χ4n) is 10.6. The van der Waals surface area contributed by atoms with Crippen LogP contribution in [0.3, 0.4) is 0 Å². The minimum atomic E-state index is -0.253. The molecule has 6 aliphatic carbocycles. The topological polar surface area (TPSA) is 49.7 Å². The van der Waals surface area contributed by atoms with Gasteiger partial charge in [0.25, 0.3) is 0 Å². The second-order valence-electron chi connectivity index (χ2n) is 13.8. The molecule has 0 radical (unpaired) electrons.